The summed E-state index contributed by atoms with van der Waals surface area (Å²) in [5.41, 5.74) is 0.278. The fourth-order valence-corrected chi connectivity index (χ4v) is 1.53. The summed E-state index contributed by atoms with van der Waals surface area (Å²) in [5.74, 6) is -0.0271. The van der Waals surface area contributed by atoms with Crippen LogP contribution >= 0.6 is 0 Å². The Labute approximate surface area is 108 Å². The number of ether oxygens (including phenoxy) is 1. The normalized spacial score (nSPS) is 9.68. The Bertz CT molecular complexity index is 679. The molecule has 0 unspecified atom stereocenters. The second-order valence-electron chi connectivity index (χ2n) is 3.60. The van der Waals surface area contributed by atoms with Crippen molar-refractivity contribution in [1.29, 1.82) is 5.26 Å². The van der Waals surface area contributed by atoms with Gasteiger partial charge in [-0.25, -0.2) is 9.97 Å². The van der Waals surface area contributed by atoms with Gasteiger partial charge in [0.15, 0.2) is 0 Å². The lowest BCUT2D eigenvalue weighted by Gasteiger charge is -2.07. The van der Waals surface area contributed by atoms with E-state index in [0.29, 0.717) is 5.56 Å². The van der Waals surface area contributed by atoms with E-state index in [2.05, 4.69) is 9.97 Å². The van der Waals surface area contributed by atoms with Gasteiger partial charge in [-0.2, -0.15) is 5.26 Å². The molecule has 0 aliphatic heterocycles. The summed E-state index contributed by atoms with van der Waals surface area (Å²) < 4.78 is 5.34. The SMILES string of the molecule is Cc1cccc(Oc2nccnc2C#N)c1[N+](=O)[O-]. The lowest BCUT2D eigenvalue weighted by molar-refractivity contribution is -0.386. The molecule has 0 fully saturated rings. The second-order valence-corrected chi connectivity index (χ2v) is 3.60. The van der Waals surface area contributed by atoms with Crippen molar-refractivity contribution in [3.05, 3.63) is 52.0 Å². The second kappa shape index (κ2) is 5.10. The predicted octanol–water partition coefficient (Wildman–Crippen LogP) is 2.36. The molecule has 0 radical (unpaired) electrons. The lowest BCUT2D eigenvalue weighted by Crippen LogP contribution is -1.99. The number of nitriles is 1. The van der Waals surface area contributed by atoms with E-state index >= 15 is 0 Å². The first kappa shape index (κ1) is 12.4. The van der Waals surface area contributed by atoms with Gasteiger partial charge >= 0.3 is 5.69 Å². The van der Waals surface area contributed by atoms with E-state index in [0.717, 1.165) is 0 Å². The molecule has 19 heavy (non-hydrogen) atoms. The van der Waals surface area contributed by atoms with Crippen LogP contribution in [0.5, 0.6) is 11.6 Å². The Morgan fingerprint density at radius 1 is 1.37 bits per heavy atom. The summed E-state index contributed by atoms with van der Waals surface area (Å²) in [6.07, 6.45) is 2.69. The number of hydrogen-bond acceptors (Lipinski definition) is 6. The minimum atomic E-state index is -0.535. The summed E-state index contributed by atoms with van der Waals surface area (Å²) in [5, 5.41) is 19.9. The van der Waals surface area contributed by atoms with Crippen LogP contribution < -0.4 is 4.74 Å². The summed E-state index contributed by atoms with van der Waals surface area (Å²) >= 11 is 0. The van der Waals surface area contributed by atoms with Gasteiger partial charge in [-0.05, 0) is 13.0 Å². The first-order valence-electron chi connectivity index (χ1n) is 5.26. The standard InChI is InChI=1S/C12H8N4O3/c1-8-3-2-4-10(11(8)16(17)18)19-12-9(7-13)14-5-6-15-12/h2-6H,1H3. The topological polar surface area (TPSA) is 102 Å². The number of hydrogen-bond donors (Lipinski definition) is 0. The van der Waals surface area contributed by atoms with Gasteiger partial charge in [0.05, 0.1) is 4.92 Å². The van der Waals surface area contributed by atoms with Crippen molar-refractivity contribution < 1.29 is 9.66 Å². The number of para-hydroxylation sites is 1. The van der Waals surface area contributed by atoms with Crippen LogP contribution in [0.15, 0.2) is 30.6 Å². The Morgan fingerprint density at radius 3 is 2.79 bits per heavy atom. The van der Waals surface area contributed by atoms with Crippen LogP contribution in [-0.4, -0.2) is 14.9 Å². The van der Waals surface area contributed by atoms with Crippen molar-refractivity contribution >= 4 is 5.69 Å². The maximum Gasteiger partial charge on any atom is 0.314 e. The Hall–Kier alpha value is -3.01. The van der Waals surface area contributed by atoms with Crippen LogP contribution in [0, 0.1) is 28.4 Å². The molecular formula is C12H8N4O3. The zero-order chi connectivity index (χ0) is 13.8. The summed E-state index contributed by atoms with van der Waals surface area (Å²) in [4.78, 5) is 18.1. The van der Waals surface area contributed by atoms with E-state index in [1.807, 2.05) is 6.07 Å². The molecule has 7 heteroatoms. The van der Waals surface area contributed by atoms with Crippen molar-refractivity contribution in [2.75, 3.05) is 0 Å². The van der Waals surface area contributed by atoms with Crippen molar-refractivity contribution in [2.24, 2.45) is 0 Å². The summed E-state index contributed by atoms with van der Waals surface area (Å²) in [6, 6.07) is 6.49. The first-order valence-corrected chi connectivity index (χ1v) is 5.26. The minimum Gasteiger partial charge on any atom is -0.429 e. The molecule has 0 atom stereocenters. The van der Waals surface area contributed by atoms with Crippen molar-refractivity contribution in [3.63, 3.8) is 0 Å². The van der Waals surface area contributed by atoms with Crippen LogP contribution in [0.1, 0.15) is 11.3 Å². The highest BCUT2D eigenvalue weighted by Crippen LogP contribution is 2.33. The molecule has 0 amide bonds. The van der Waals surface area contributed by atoms with Gasteiger partial charge < -0.3 is 4.74 Å². The van der Waals surface area contributed by atoms with Crippen LogP contribution in [0.4, 0.5) is 5.69 Å². The molecule has 2 rings (SSSR count). The Morgan fingerprint density at radius 2 is 2.11 bits per heavy atom. The fraction of sp³-hybridized carbons (Fsp3) is 0.0833. The van der Waals surface area contributed by atoms with Crippen molar-refractivity contribution in [3.8, 4) is 17.7 Å². The molecule has 0 aliphatic rings. The number of aryl methyl sites for hydroxylation is 1. The smallest absolute Gasteiger partial charge is 0.314 e. The van der Waals surface area contributed by atoms with Gasteiger partial charge in [0.1, 0.15) is 6.07 Å². The van der Waals surface area contributed by atoms with Crippen LogP contribution in [0.25, 0.3) is 0 Å². The maximum atomic E-state index is 11.0. The lowest BCUT2D eigenvalue weighted by atomic mass is 10.2. The van der Waals surface area contributed by atoms with E-state index in [1.54, 1.807) is 19.1 Å². The van der Waals surface area contributed by atoms with Crippen LogP contribution in [-0.2, 0) is 0 Å². The van der Waals surface area contributed by atoms with Crippen molar-refractivity contribution in [1.82, 2.24) is 9.97 Å². The van der Waals surface area contributed by atoms with Crippen molar-refractivity contribution in [2.45, 2.75) is 6.92 Å². The van der Waals surface area contributed by atoms with Gasteiger partial charge in [0, 0.05) is 18.0 Å². The quantitative estimate of drug-likeness (QED) is 0.617. The molecule has 1 aromatic carbocycles. The third kappa shape index (κ3) is 2.47. The third-order valence-corrected chi connectivity index (χ3v) is 2.36. The average Bonchev–Trinajstić information content (AvgIpc) is 2.39. The average molecular weight is 256 g/mol. The largest absolute Gasteiger partial charge is 0.429 e. The molecule has 1 heterocycles. The highest BCUT2D eigenvalue weighted by atomic mass is 16.6. The van der Waals surface area contributed by atoms with Gasteiger partial charge in [0.2, 0.25) is 11.4 Å². The zero-order valence-corrected chi connectivity index (χ0v) is 9.90. The highest BCUT2D eigenvalue weighted by molar-refractivity contribution is 5.53. The third-order valence-electron chi connectivity index (χ3n) is 2.36. The molecular weight excluding hydrogens is 248 g/mol. The van der Waals surface area contributed by atoms with E-state index in [1.165, 1.54) is 18.5 Å². The molecule has 7 nitrogen and oxygen atoms in total. The van der Waals surface area contributed by atoms with E-state index in [-0.39, 0.29) is 23.0 Å². The van der Waals surface area contributed by atoms with E-state index < -0.39 is 4.92 Å². The van der Waals surface area contributed by atoms with Gasteiger partial charge in [-0.1, -0.05) is 12.1 Å². The Balaban J connectivity index is 2.48. The number of nitrogens with zero attached hydrogens (tertiary/aromatic N) is 4. The minimum absolute atomic E-state index is 0.0293. The number of benzene rings is 1. The van der Waals surface area contributed by atoms with Gasteiger partial charge in [0.25, 0.3) is 5.88 Å². The summed E-state index contributed by atoms with van der Waals surface area (Å²) in [6.45, 7) is 1.60. The predicted molar refractivity (Wildman–Crippen MR) is 64.7 cm³/mol. The Kier molecular flexibility index (Phi) is 3.34. The zero-order valence-electron chi connectivity index (χ0n) is 9.90. The molecule has 0 bridgehead atoms. The molecule has 0 N–H and O–H groups in total. The summed E-state index contributed by atoms with van der Waals surface area (Å²) in [7, 11) is 0. The van der Waals surface area contributed by atoms with E-state index in [4.69, 9.17) is 10.00 Å². The monoisotopic (exact) mass is 256 g/mol. The van der Waals surface area contributed by atoms with E-state index in [9.17, 15) is 10.1 Å². The molecule has 0 saturated heterocycles. The maximum absolute atomic E-state index is 11.0. The number of nitro benzene ring substituents is 1. The fourth-order valence-electron chi connectivity index (χ4n) is 1.53. The molecule has 0 spiro atoms. The number of aromatic nitrogens is 2. The van der Waals surface area contributed by atoms with Gasteiger partial charge in [-0.15, -0.1) is 0 Å². The highest BCUT2D eigenvalue weighted by Gasteiger charge is 2.20. The van der Waals surface area contributed by atoms with Crippen LogP contribution in [0.2, 0.25) is 0 Å². The molecule has 0 aliphatic carbocycles. The molecule has 0 saturated carbocycles. The van der Waals surface area contributed by atoms with Gasteiger partial charge in [-0.3, -0.25) is 10.1 Å². The molecule has 94 valence electrons. The van der Waals surface area contributed by atoms with Crippen LogP contribution in [0.3, 0.4) is 0 Å². The molecule has 2 aromatic rings. The number of rotatable bonds is 3. The molecule has 1 aromatic heterocycles. The number of nitro groups is 1. The first-order chi connectivity index (χ1) is 9.13.